The number of aryl methyl sites for hydroxylation is 1. The van der Waals surface area contributed by atoms with Crippen molar-refractivity contribution in [2.45, 2.75) is 20.8 Å². The van der Waals surface area contributed by atoms with Crippen molar-refractivity contribution in [1.29, 1.82) is 0 Å². The molecule has 0 fully saturated rings. The first kappa shape index (κ1) is 13.4. The maximum atomic E-state index is 12.9. The quantitative estimate of drug-likeness (QED) is 0.761. The van der Waals surface area contributed by atoms with Gasteiger partial charge >= 0.3 is 5.97 Å². The number of carboxylic acids is 1. The van der Waals surface area contributed by atoms with Gasteiger partial charge in [0.1, 0.15) is 11.4 Å². The van der Waals surface area contributed by atoms with E-state index in [-0.39, 0.29) is 5.56 Å². The molecule has 3 nitrogen and oxygen atoms in total. The van der Waals surface area contributed by atoms with Crippen LogP contribution in [0.5, 0.6) is 5.75 Å². The Balaban J connectivity index is 0.000000921. The highest BCUT2D eigenvalue weighted by Crippen LogP contribution is 2.26. The van der Waals surface area contributed by atoms with Gasteiger partial charge in [0.2, 0.25) is 0 Å². The predicted molar refractivity (Wildman–Crippen MR) is 51.1 cm³/mol. The highest BCUT2D eigenvalue weighted by atomic mass is 19.1. The maximum Gasteiger partial charge on any atom is 0.342 e. The Morgan fingerprint density at radius 3 is 2.20 bits per heavy atom. The van der Waals surface area contributed by atoms with Crippen LogP contribution in [0, 0.1) is 18.6 Å². The van der Waals surface area contributed by atoms with Crippen molar-refractivity contribution in [2.75, 3.05) is 0 Å². The van der Waals surface area contributed by atoms with E-state index in [1.54, 1.807) is 0 Å². The van der Waals surface area contributed by atoms with Crippen LogP contribution >= 0.6 is 0 Å². The summed E-state index contributed by atoms with van der Waals surface area (Å²) in [5.74, 6) is -5.12. The average molecular weight is 218 g/mol. The van der Waals surface area contributed by atoms with E-state index in [2.05, 4.69) is 0 Å². The molecule has 0 radical (unpaired) electrons. The molecule has 0 aromatic heterocycles. The number of carbonyl (C=O) groups is 1. The first-order valence-corrected chi connectivity index (χ1v) is 4.36. The summed E-state index contributed by atoms with van der Waals surface area (Å²) in [7, 11) is 0. The Hall–Kier alpha value is -1.65. The fraction of sp³-hybridized carbons (Fsp3) is 0.300. The molecule has 5 heteroatoms. The third-order valence-electron chi connectivity index (χ3n) is 1.59. The van der Waals surface area contributed by atoms with Crippen molar-refractivity contribution in [1.82, 2.24) is 0 Å². The summed E-state index contributed by atoms with van der Waals surface area (Å²) in [6.07, 6.45) is 0. The van der Waals surface area contributed by atoms with E-state index < -0.39 is 28.9 Å². The Kier molecular flexibility index (Phi) is 4.70. The lowest BCUT2D eigenvalue weighted by Crippen LogP contribution is -2.03. The largest absolute Gasteiger partial charge is 0.504 e. The third kappa shape index (κ3) is 2.65. The molecule has 0 aliphatic carbocycles. The molecule has 0 bridgehead atoms. The number of phenols is 1. The zero-order chi connectivity index (χ0) is 12.2. The van der Waals surface area contributed by atoms with Crippen molar-refractivity contribution < 1.29 is 23.8 Å². The van der Waals surface area contributed by atoms with Crippen molar-refractivity contribution in [3.8, 4) is 5.75 Å². The van der Waals surface area contributed by atoms with Gasteiger partial charge in [-0.1, -0.05) is 13.8 Å². The highest BCUT2D eigenvalue weighted by Gasteiger charge is 2.21. The Bertz CT molecular complexity index is 375. The number of rotatable bonds is 1. The Morgan fingerprint density at radius 1 is 1.33 bits per heavy atom. The van der Waals surface area contributed by atoms with Gasteiger partial charge in [-0.3, -0.25) is 0 Å². The SMILES string of the molecule is CC.Cc1cc(F)c(C(=O)O)c(O)c1F. The third-order valence-corrected chi connectivity index (χ3v) is 1.59. The predicted octanol–water partition coefficient (Wildman–Crippen LogP) is 2.70. The minimum atomic E-state index is -1.70. The van der Waals surface area contributed by atoms with Crippen LogP contribution < -0.4 is 0 Å². The smallest absolute Gasteiger partial charge is 0.342 e. The van der Waals surface area contributed by atoms with E-state index in [9.17, 15) is 13.6 Å². The molecule has 15 heavy (non-hydrogen) atoms. The van der Waals surface area contributed by atoms with Crippen molar-refractivity contribution in [3.05, 3.63) is 28.8 Å². The summed E-state index contributed by atoms with van der Waals surface area (Å²) in [6, 6.07) is 0.721. The summed E-state index contributed by atoms with van der Waals surface area (Å²) in [4.78, 5) is 10.3. The van der Waals surface area contributed by atoms with Gasteiger partial charge < -0.3 is 10.2 Å². The second-order valence-corrected chi connectivity index (χ2v) is 2.52. The Labute approximate surface area is 86.0 Å². The van der Waals surface area contributed by atoms with Gasteiger partial charge in [0.05, 0.1) is 0 Å². The molecule has 0 saturated carbocycles. The molecule has 0 heterocycles. The van der Waals surface area contributed by atoms with Crippen LogP contribution in [0.2, 0.25) is 0 Å². The molecular formula is C10H12F2O3. The lowest BCUT2D eigenvalue weighted by molar-refractivity contribution is 0.0687. The minimum Gasteiger partial charge on any atom is -0.504 e. The first-order chi connectivity index (χ1) is 6.95. The summed E-state index contributed by atoms with van der Waals surface area (Å²) in [5.41, 5.74) is -1.18. The second kappa shape index (κ2) is 5.29. The fourth-order valence-electron chi connectivity index (χ4n) is 0.939. The lowest BCUT2D eigenvalue weighted by Gasteiger charge is -2.04. The number of aromatic carboxylic acids is 1. The molecule has 2 N–H and O–H groups in total. The van der Waals surface area contributed by atoms with Crippen LogP contribution in [-0.2, 0) is 0 Å². The lowest BCUT2D eigenvalue weighted by atomic mass is 10.1. The number of carboxylic acid groups (broad SMARTS) is 1. The van der Waals surface area contributed by atoms with Crippen LogP contribution in [0.4, 0.5) is 8.78 Å². The topological polar surface area (TPSA) is 57.5 Å². The van der Waals surface area contributed by atoms with Gasteiger partial charge in [-0.05, 0) is 18.6 Å². The van der Waals surface area contributed by atoms with Gasteiger partial charge in [0, 0.05) is 0 Å². The van der Waals surface area contributed by atoms with E-state index in [4.69, 9.17) is 10.2 Å². The molecule has 1 rings (SSSR count). The van der Waals surface area contributed by atoms with Gasteiger partial charge in [-0.2, -0.15) is 0 Å². The fourth-order valence-corrected chi connectivity index (χ4v) is 0.939. The average Bonchev–Trinajstić information content (AvgIpc) is 2.17. The zero-order valence-corrected chi connectivity index (χ0v) is 8.64. The van der Waals surface area contributed by atoms with E-state index in [1.807, 2.05) is 13.8 Å². The molecule has 84 valence electrons. The highest BCUT2D eigenvalue weighted by molar-refractivity contribution is 5.91. The molecule has 0 spiro atoms. The van der Waals surface area contributed by atoms with Gasteiger partial charge in [0.25, 0.3) is 0 Å². The van der Waals surface area contributed by atoms with Gasteiger partial charge in [-0.15, -0.1) is 0 Å². The van der Waals surface area contributed by atoms with Crippen LogP contribution in [0.1, 0.15) is 29.8 Å². The van der Waals surface area contributed by atoms with E-state index in [0.29, 0.717) is 0 Å². The van der Waals surface area contributed by atoms with Crippen LogP contribution in [-0.4, -0.2) is 16.2 Å². The molecular weight excluding hydrogens is 206 g/mol. The van der Waals surface area contributed by atoms with Gasteiger partial charge in [-0.25, -0.2) is 13.6 Å². The molecule has 0 amide bonds. The standard InChI is InChI=1S/C8H6F2O3.C2H6/c1-3-2-4(9)5(8(12)13)7(11)6(3)10;1-2/h2,11H,1H3,(H,12,13);1-2H3. The second-order valence-electron chi connectivity index (χ2n) is 2.52. The molecule has 1 aromatic carbocycles. The van der Waals surface area contributed by atoms with Gasteiger partial charge in [0.15, 0.2) is 11.6 Å². The number of benzene rings is 1. The first-order valence-electron chi connectivity index (χ1n) is 4.36. The number of hydrogen-bond donors (Lipinski definition) is 2. The molecule has 0 aliphatic rings. The Morgan fingerprint density at radius 2 is 1.80 bits per heavy atom. The molecule has 1 aromatic rings. The van der Waals surface area contributed by atoms with Crippen LogP contribution in [0.3, 0.4) is 0 Å². The molecule has 0 atom stereocenters. The van der Waals surface area contributed by atoms with E-state index >= 15 is 0 Å². The summed E-state index contributed by atoms with van der Waals surface area (Å²) >= 11 is 0. The monoisotopic (exact) mass is 218 g/mol. The van der Waals surface area contributed by atoms with Crippen LogP contribution in [0.15, 0.2) is 6.07 Å². The summed E-state index contributed by atoms with van der Waals surface area (Å²) < 4.78 is 25.7. The van der Waals surface area contributed by atoms with Crippen molar-refractivity contribution in [2.24, 2.45) is 0 Å². The number of hydrogen-bond acceptors (Lipinski definition) is 2. The summed E-state index contributed by atoms with van der Waals surface area (Å²) in [6.45, 7) is 5.23. The zero-order valence-electron chi connectivity index (χ0n) is 8.64. The number of halogens is 2. The normalized spacial score (nSPS) is 9.13. The van der Waals surface area contributed by atoms with E-state index in [1.165, 1.54) is 6.92 Å². The minimum absolute atomic E-state index is 0.139. The summed E-state index contributed by atoms with van der Waals surface area (Å²) in [5, 5.41) is 17.3. The van der Waals surface area contributed by atoms with Crippen molar-refractivity contribution >= 4 is 5.97 Å². The maximum absolute atomic E-state index is 12.9. The molecule has 0 aliphatic heterocycles. The van der Waals surface area contributed by atoms with E-state index in [0.717, 1.165) is 6.07 Å². The molecule has 0 unspecified atom stereocenters. The molecule has 0 saturated heterocycles. The van der Waals surface area contributed by atoms with Crippen molar-refractivity contribution in [3.63, 3.8) is 0 Å². The number of aromatic hydroxyl groups is 1. The van der Waals surface area contributed by atoms with Crippen LogP contribution in [0.25, 0.3) is 0 Å².